The molecule has 3 amide bonds. The molecule has 114 valence electrons. The molecular formula is C13H23N3O4. The van der Waals surface area contributed by atoms with Crippen LogP contribution in [0.4, 0.5) is 4.79 Å². The Balaban J connectivity index is 2.68. The summed E-state index contributed by atoms with van der Waals surface area (Å²) in [6.07, 6.45) is 1.34. The summed E-state index contributed by atoms with van der Waals surface area (Å²) in [5, 5.41) is 11.7. The molecule has 2 unspecified atom stereocenters. The number of amides is 3. The van der Waals surface area contributed by atoms with E-state index in [-0.39, 0.29) is 18.4 Å². The molecule has 1 aliphatic rings. The SMILES string of the molecule is CCC(C)C(NC(=O)N1CCCN(C)C(=O)C1)C(=O)O. The third kappa shape index (κ3) is 4.11. The van der Waals surface area contributed by atoms with E-state index in [1.807, 2.05) is 6.92 Å². The van der Waals surface area contributed by atoms with E-state index in [0.717, 1.165) is 0 Å². The number of carbonyl (C=O) groups is 3. The summed E-state index contributed by atoms with van der Waals surface area (Å²) in [5.41, 5.74) is 0. The fourth-order valence-electron chi connectivity index (χ4n) is 2.07. The average molecular weight is 285 g/mol. The van der Waals surface area contributed by atoms with Crippen LogP contribution in [-0.2, 0) is 9.59 Å². The van der Waals surface area contributed by atoms with Crippen LogP contribution in [0, 0.1) is 5.92 Å². The van der Waals surface area contributed by atoms with Gasteiger partial charge in [-0.3, -0.25) is 4.79 Å². The summed E-state index contributed by atoms with van der Waals surface area (Å²) >= 11 is 0. The fourth-order valence-corrected chi connectivity index (χ4v) is 2.07. The first kappa shape index (κ1) is 16.3. The lowest BCUT2D eigenvalue weighted by molar-refractivity contribution is -0.140. The predicted octanol–water partition coefficient (Wildman–Crippen LogP) is 0.359. The van der Waals surface area contributed by atoms with Crippen LogP contribution in [0.5, 0.6) is 0 Å². The van der Waals surface area contributed by atoms with Crippen molar-refractivity contribution in [3.63, 3.8) is 0 Å². The molecule has 7 nitrogen and oxygen atoms in total. The Bertz CT molecular complexity index is 386. The average Bonchev–Trinajstić information content (AvgIpc) is 2.57. The van der Waals surface area contributed by atoms with Crippen molar-refractivity contribution in [3.05, 3.63) is 0 Å². The topological polar surface area (TPSA) is 90.0 Å². The number of nitrogens with zero attached hydrogens (tertiary/aromatic N) is 2. The maximum Gasteiger partial charge on any atom is 0.326 e. The molecule has 2 N–H and O–H groups in total. The van der Waals surface area contributed by atoms with Gasteiger partial charge in [-0.2, -0.15) is 0 Å². The van der Waals surface area contributed by atoms with E-state index < -0.39 is 18.0 Å². The van der Waals surface area contributed by atoms with Crippen LogP contribution in [-0.4, -0.2) is 65.5 Å². The van der Waals surface area contributed by atoms with E-state index in [2.05, 4.69) is 5.32 Å². The van der Waals surface area contributed by atoms with Gasteiger partial charge in [-0.15, -0.1) is 0 Å². The number of hydrogen-bond donors (Lipinski definition) is 2. The van der Waals surface area contributed by atoms with Crippen molar-refractivity contribution in [2.45, 2.75) is 32.7 Å². The molecule has 1 aliphatic heterocycles. The zero-order chi connectivity index (χ0) is 15.3. The number of carboxylic acids is 1. The van der Waals surface area contributed by atoms with E-state index in [1.54, 1.807) is 18.9 Å². The first-order valence-electron chi connectivity index (χ1n) is 6.89. The Morgan fingerprint density at radius 3 is 2.60 bits per heavy atom. The molecule has 1 heterocycles. The van der Waals surface area contributed by atoms with Gasteiger partial charge >= 0.3 is 12.0 Å². The van der Waals surface area contributed by atoms with Crippen molar-refractivity contribution in [3.8, 4) is 0 Å². The lowest BCUT2D eigenvalue weighted by Gasteiger charge is -2.25. The van der Waals surface area contributed by atoms with Crippen LogP contribution in [0.25, 0.3) is 0 Å². The van der Waals surface area contributed by atoms with Crippen LogP contribution in [0.15, 0.2) is 0 Å². The molecule has 0 aromatic heterocycles. The second-order valence-electron chi connectivity index (χ2n) is 5.24. The number of urea groups is 1. The molecular weight excluding hydrogens is 262 g/mol. The molecule has 0 aliphatic carbocycles. The minimum Gasteiger partial charge on any atom is -0.480 e. The van der Waals surface area contributed by atoms with Gasteiger partial charge < -0.3 is 20.2 Å². The van der Waals surface area contributed by atoms with Crippen LogP contribution in [0.2, 0.25) is 0 Å². The number of nitrogens with one attached hydrogen (secondary N) is 1. The van der Waals surface area contributed by atoms with Gasteiger partial charge in [0, 0.05) is 20.1 Å². The first-order valence-corrected chi connectivity index (χ1v) is 6.89. The van der Waals surface area contributed by atoms with Gasteiger partial charge in [-0.1, -0.05) is 20.3 Å². The molecule has 0 saturated carbocycles. The maximum atomic E-state index is 12.1. The summed E-state index contributed by atoms with van der Waals surface area (Å²) in [7, 11) is 1.70. The van der Waals surface area contributed by atoms with E-state index in [1.165, 1.54) is 4.90 Å². The monoisotopic (exact) mass is 285 g/mol. The van der Waals surface area contributed by atoms with Gasteiger partial charge in [-0.05, 0) is 12.3 Å². The minimum atomic E-state index is -1.05. The highest BCUT2D eigenvalue weighted by molar-refractivity contribution is 5.87. The number of carbonyl (C=O) groups excluding carboxylic acids is 2. The quantitative estimate of drug-likeness (QED) is 0.780. The summed E-state index contributed by atoms with van der Waals surface area (Å²) in [5.74, 6) is -1.35. The van der Waals surface area contributed by atoms with Crippen molar-refractivity contribution < 1.29 is 19.5 Å². The summed E-state index contributed by atoms with van der Waals surface area (Å²) in [4.78, 5) is 38.0. The first-order chi connectivity index (χ1) is 9.36. The minimum absolute atomic E-state index is 0.00478. The maximum absolute atomic E-state index is 12.1. The summed E-state index contributed by atoms with van der Waals surface area (Å²) in [6, 6.07) is -1.41. The van der Waals surface area contributed by atoms with Crippen molar-refractivity contribution in [1.82, 2.24) is 15.1 Å². The molecule has 1 rings (SSSR count). The lowest BCUT2D eigenvalue weighted by atomic mass is 9.99. The van der Waals surface area contributed by atoms with E-state index in [4.69, 9.17) is 5.11 Å². The van der Waals surface area contributed by atoms with Gasteiger partial charge in [0.15, 0.2) is 0 Å². The van der Waals surface area contributed by atoms with Gasteiger partial charge in [-0.25, -0.2) is 9.59 Å². The van der Waals surface area contributed by atoms with Crippen molar-refractivity contribution in [1.29, 1.82) is 0 Å². The number of hydrogen-bond acceptors (Lipinski definition) is 3. The Hall–Kier alpha value is -1.79. The number of rotatable bonds is 4. The van der Waals surface area contributed by atoms with E-state index in [0.29, 0.717) is 25.9 Å². The van der Waals surface area contributed by atoms with Crippen molar-refractivity contribution in [2.75, 3.05) is 26.7 Å². The molecule has 2 atom stereocenters. The van der Waals surface area contributed by atoms with Crippen LogP contribution in [0.3, 0.4) is 0 Å². The third-order valence-corrected chi connectivity index (χ3v) is 3.72. The lowest BCUT2D eigenvalue weighted by Crippen LogP contribution is -2.51. The Labute approximate surface area is 118 Å². The highest BCUT2D eigenvalue weighted by atomic mass is 16.4. The number of carboxylic acid groups (broad SMARTS) is 1. The van der Waals surface area contributed by atoms with E-state index >= 15 is 0 Å². The highest BCUT2D eigenvalue weighted by Crippen LogP contribution is 2.09. The molecule has 20 heavy (non-hydrogen) atoms. The van der Waals surface area contributed by atoms with Gasteiger partial charge in [0.1, 0.15) is 12.6 Å². The molecule has 0 spiro atoms. The Morgan fingerprint density at radius 1 is 1.40 bits per heavy atom. The smallest absolute Gasteiger partial charge is 0.326 e. The zero-order valence-corrected chi connectivity index (χ0v) is 12.3. The molecule has 0 aromatic carbocycles. The van der Waals surface area contributed by atoms with E-state index in [9.17, 15) is 14.4 Å². The van der Waals surface area contributed by atoms with Gasteiger partial charge in [0.25, 0.3) is 0 Å². The Kier molecular flexibility index (Phi) is 5.79. The van der Waals surface area contributed by atoms with Crippen LogP contribution in [0.1, 0.15) is 26.7 Å². The highest BCUT2D eigenvalue weighted by Gasteiger charge is 2.29. The number of likely N-dealkylation sites (N-methyl/N-ethyl adjacent to an activating group) is 1. The number of aliphatic carboxylic acids is 1. The largest absolute Gasteiger partial charge is 0.480 e. The zero-order valence-electron chi connectivity index (χ0n) is 12.3. The molecule has 0 aromatic rings. The molecule has 1 fully saturated rings. The van der Waals surface area contributed by atoms with Crippen LogP contribution < -0.4 is 5.32 Å². The normalized spacial score (nSPS) is 19.2. The fraction of sp³-hybridized carbons (Fsp3) is 0.769. The summed E-state index contributed by atoms with van der Waals surface area (Å²) in [6.45, 7) is 4.71. The van der Waals surface area contributed by atoms with Gasteiger partial charge in [0.05, 0.1) is 0 Å². The standard InChI is InChI=1S/C13H23N3O4/c1-4-9(2)11(12(18)19)14-13(20)16-7-5-6-15(3)10(17)8-16/h9,11H,4-8H2,1-3H3,(H,14,20)(H,18,19). The van der Waals surface area contributed by atoms with Crippen molar-refractivity contribution in [2.24, 2.45) is 5.92 Å². The second-order valence-corrected chi connectivity index (χ2v) is 5.24. The molecule has 0 radical (unpaired) electrons. The van der Waals surface area contributed by atoms with Crippen molar-refractivity contribution >= 4 is 17.9 Å². The van der Waals surface area contributed by atoms with Crippen LogP contribution >= 0.6 is 0 Å². The third-order valence-electron chi connectivity index (χ3n) is 3.72. The molecule has 7 heteroatoms. The van der Waals surface area contributed by atoms with Gasteiger partial charge in [0.2, 0.25) is 5.91 Å². The predicted molar refractivity (Wildman–Crippen MR) is 73.2 cm³/mol. The molecule has 0 bridgehead atoms. The Morgan fingerprint density at radius 2 is 2.05 bits per heavy atom. The molecule has 1 saturated heterocycles. The second kappa shape index (κ2) is 7.12. The summed E-state index contributed by atoms with van der Waals surface area (Å²) < 4.78 is 0.